The lowest BCUT2D eigenvalue weighted by Gasteiger charge is -2.19. The van der Waals surface area contributed by atoms with Crippen LogP contribution < -0.4 is 15.0 Å². The molecule has 0 radical (unpaired) electrons. The van der Waals surface area contributed by atoms with E-state index in [2.05, 4.69) is 11.2 Å². The Morgan fingerprint density at radius 1 is 1.17 bits per heavy atom. The highest BCUT2D eigenvalue weighted by atomic mass is 16.6. The number of carbonyl (C=O) groups excluding carboxylic acids is 2. The fourth-order valence-electron chi connectivity index (χ4n) is 2.00. The van der Waals surface area contributed by atoms with E-state index < -0.39 is 6.09 Å². The molecule has 0 aliphatic carbocycles. The topological polar surface area (TPSA) is 58.6 Å². The first-order valence-electron chi connectivity index (χ1n) is 7.51. The maximum absolute atomic E-state index is 12.4. The van der Waals surface area contributed by atoms with E-state index in [9.17, 15) is 9.59 Å². The molecule has 0 unspecified atom stereocenters. The Labute approximate surface area is 141 Å². The number of ether oxygens (including phenoxy) is 1. The van der Waals surface area contributed by atoms with Crippen molar-refractivity contribution in [3.63, 3.8) is 0 Å². The molecule has 0 spiro atoms. The summed E-state index contributed by atoms with van der Waals surface area (Å²) in [6.07, 6.45) is 5.13. The number of terminal acetylenes is 1. The molecule has 24 heavy (non-hydrogen) atoms. The molecule has 0 aliphatic heterocycles. The van der Waals surface area contributed by atoms with E-state index >= 15 is 0 Å². The normalized spacial score (nSPS) is 9.67. The van der Waals surface area contributed by atoms with Crippen molar-refractivity contribution < 1.29 is 14.3 Å². The fourth-order valence-corrected chi connectivity index (χ4v) is 2.00. The van der Waals surface area contributed by atoms with Gasteiger partial charge in [-0.15, -0.1) is 6.42 Å². The van der Waals surface area contributed by atoms with Gasteiger partial charge < -0.3 is 10.1 Å². The second kappa shape index (κ2) is 8.39. The first-order valence-corrected chi connectivity index (χ1v) is 7.51. The van der Waals surface area contributed by atoms with Crippen molar-refractivity contribution in [3.8, 4) is 18.1 Å². The van der Waals surface area contributed by atoms with Gasteiger partial charge >= 0.3 is 6.09 Å². The highest BCUT2D eigenvalue weighted by Gasteiger charge is 2.17. The van der Waals surface area contributed by atoms with Gasteiger partial charge in [0.05, 0.1) is 6.54 Å². The zero-order valence-electron chi connectivity index (χ0n) is 13.4. The van der Waals surface area contributed by atoms with E-state index in [4.69, 9.17) is 11.2 Å². The Morgan fingerprint density at radius 3 is 2.58 bits per heavy atom. The molecular weight excluding hydrogens is 304 g/mol. The van der Waals surface area contributed by atoms with Crippen LogP contribution in [-0.4, -0.2) is 18.5 Å². The van der Waals surface area contributed by atoms with E-state index in [0.717, 1.165) is 0 Å². The predicted octanol–water partition coefficient (Wildman–Crippen LogP) is 3.67. The number of benzene rings is 2. The zero-order valence-corrected chi connectivity index (χ0v) is 13.4. The molecule has 0 atom stereocenters. The van der Waals surface area contributed by atoms with Crippen LogP contribution in [0.15, 0.2) is 54.6 Å². The Morgan fingerprint density at radius 2 is 1.92 bits per heavy atom. The second-order valence-electron chi connectivity index (χ2n) is 4.92. The SMILES string of the molecule is C#CCN(C(=O)Oc1cccc(NC(=O)CC)c1)c1ccccc1. The van der Waals surface area contributed by atoms with Gasteiger partial charge in [-0.25, -0.2) is 4.79 Å². The molecule has 5 nitrogen and oxygen atoms in total. The number of hydrogen-bond acceptors (Lipinski definition) is 3. The second-order valence-corrected chi connectivity index (χ2v) is 4.92. The average molecular weight is 322 g/mol. The van der Waals surface area contributed by atoms with Gasteiger partial charge in [0.15, 0.2) is 0 Å². The number of hydrogen-bond donors (Lipinski definition) is 1. The van der Waals surface area contributed by atoms with Crippen molar-refractivity contribution in [2.45, 2.75) is 13.3 Å². The molecule has 0 aliphatic rings. The molecule has 0 heterocycles. The lowest BCUT2D eigenvalue weighted by molar-refractivity contribution is -0.115. The summed E-state index contributed by atoms with van der Waals surface area (Å²) in [4.78, 5) is 25.2. The van der Waals surface area contributed by atoms with E-state index in [-0.39, 0.29) is 12.5 Å². The number of rotatable bonds is 5. The number of para-hydroxylation sites is 1. The Kier molecular flexibility index (Phi) is 5.98. The molecule has 0 fully saturated rings. The molecule has 0 bridgehead atoms. The number of nitrogens with zero attached hydrogens (tertiary/aromatic N) is 1. The molecular formula is C19H18N2O3. The summed E-state index contributed by atoms with van der Waals surface area (Å²) < 4.78 is 5.38. The summed E-state index contributed by atoms with van der Waals surface area (Å²) in [6, 6.07) is 15.7. The highest BCUT2D eigenvalue weighted by Crippen LogP contribution is 2.20. The lowest BCUT2D eigenvalue weighted by atomic mass is 10.3. The predicted molar refractivity (Wildman–Crippen MR) is 94.0 cm³/mol. The minimum Gasteiger partial charge on any atom is -0.410 e. The van der Waals surface area contributed by atoms with Crippen LogP contribution in [0.5, 0.6) is 5.75 Å². The van der Waals surface area contributed by atoms with E-state index in [1.807, 2.05) is 18.2 Å². The van der Waals surface area contributed by atoms with Gasteiger partial charge in [0, 0.05) is 23.9 Å². The van der Waals surface area contributed by atoms with Crippen LogP contribution in [0, 0.1) is 12.3 Å². The van der Waals surface area contributed by atoms with Crippen LogP contribution in [0.25, 0.3) is 0 Å². The van der Waals surface area contributed by atoms with Crippen LogP contribution in [-0.2, 0) is 4.79 Å². The van der Waals surface area contributed by atoms with Crippen molar-refractivity contribution in [1.82, 2.24) is 0 Å². The van der Waals surface area contributed by atoms with Crippen molar-refractivity contribution in [1.29, 1.82) is 0 Å². The zero-order chi connectivity index (χ0) is 17.4. The summed E-state index contributed by atoms with van der Waals surface area (Å²) in [5.41, 5.74) is 1.21. The molecule has 0 aromatic heterocycles. The molecule has 2 rings (SSSR count). The monoisotopic (exact) mass is 322 g/mol. The van der Waals surface area contributed by atoms with Crippen molar-refractivity contribution in [3.05, 3.63) is 54.6 Å². The third kappa shape index (κ3) is 4.62. The first kappa shape index (κ1) is 17.1. The summed E-state index contributed by atoms with van der Waals surface area (Å²) >= 11 is 0. The van der Waals surface area contributed by atoms with Gasteiger partial charge in [-0.3, -0.25) is 9.69 Å². The van der Waals surface area contributed by atoms with Gasteiger partial charge in [0.1, 0.15) is 5.75 Å². The lowest BCUT2D eigenvalue weighted by Crippen LogP contribution is -2.33. The van der Waals surface area contributed by atoms with Crippen LogP contribution in [0.1, 0.15) is 13.3 Å². The van der Waals surface area contributed by atoms with E-state index in [1.54, 1.807) is 43.3 Å². The maximum Gasteiger partial charge on any atom is 0.420 e. The van der Waals surface area contributed by atoms with Crippen molar-refractivity contribution >= 4 is 23.4 Å². The smallest absolute Gasteiger partial charge is 0.410 e. The Bertz CT molecular complexity index is 751. The summed E-state index contributed by atoms with van der Waals surface area (Å²) in [6.45, 7) is 1.85. The Hall–Kier alpha value is -3.26. The quantitative estimate of drug-likeness (QED) is 0.854. The molecule has 1 N–H and O–H groups in total. The number of nitrogens with one attached hydrogen (secondary N) is 1. The molecule has 0 saturated carbocycles. The maximum atomic E-state index is 12.4. The van der Waals surface area contributed by atoms with Crippen LogP contribution >= 0.6 is 0 Å². The standard InChI is InChI=1S/C19H18N2O3/c1-3-13-21(16-10-6-5-7-11-16)19(23)24-17-12-8-9-15(14-17)20-18(22)4-2/h1,5-12,14H,4,13H2,2H3,(H,20,22). The van der Waals surface area contributed by atoms with Crippen molar-refractivity contribution in [2.24, 2.45) is 0 Å². The van der Waals surface area contributed by atoms with E-state index in [0.29, 0.717) is 23.5 Å². The molecule has 2 aromatic rings. The van der Waals surface area contributed by atoms with Crippen molar-refractivity contribution in [2.75, 3.05) is 16.8 Å². The minimum atomic E-state index is -0.585. The molecule has 2 aromatic carbocycles. The molecule has 0 saturated heterocycles. The minimum absolute atomic E-state index is 0.0924. The van der Waals surface area contributed by atoms with Gasteiger partial charge in [-0.1, -0.05) is 37.1 Å². The van der Waals surface area contributed by atoms with Gasteiger partial charge in [0.2, 0.25) is 5.91 Å². The fraction of sp³-hybridized carbons (Fsp3) is 0.158. The number of carbonyl (C=O) groups is 2. The van der Waals surface area contributed by atoms with Crippen LogP contribution in [0.2, 0.25) is 0 Å². The largest absolute Gasteiger partial charge is 0.420 e. The summed E-state index contributed by atoms with van der Waals surface area (Å²) in [7, 11) is 0. The summed E-state index contributed by atoms with van der Waals surface area (Å²) in [5.74, 6) is 2.66. The van der Waals surface area contributed by atoms with Gasteiger partial charge in [-0.05, 0) is 24.3 Å². The highest BCUT2D eigenvalue weighted by molar-refractivity contribution is 5.91. The summed E-state index contributed by atoms with van der Waals surface area (Å²) in [5, 5.41) is 2.72. The first-order chi connectivity index (χ1) is 11.6. The van der Waals surface area contributed by atoms with Crippen LogP contribution in [0.3, 0.4) is 0 Å². The number of anilines is 2. The Balaban J connectivity index is 2.14. The molecule has 2 amide bonds. The molecule has 122 valence electrons. The van der Waals surface area contributed by atoms with Gasteiger partial charge in [-0.2, -0.15) is 0 Å². The number of amides is 2. The average Bonchev–Trinajstić information content (AvgIpc) is 2.60. The van der Waals surface area contributed by atoms with E-state index in [1.165, 1.54) is 4.90 Å². The third-order valence-corrected chi connectivity index (χ3v) is 3.18. The van der Waals surface area contributed by atoms with Gasteiger partial charge in [0.25, 0.3) is 0 Å². The molecule has 5 heteroatoms. The third-order valence-electron chi connectivity index (χ3n) is 3.18. The van der Waals surface area contributed by atoms with Crippen LogP contribution in [0.4, 0.5) is 16.2 Å².